The van der Waals surface area contributed by atoms with Gasteiger partial charge in [-0.15, -0.1) is 0 Å². The molecule has 0 aliphatic rings. The molecule has 6 heteroatoms. The van der Waals surface area contributed by atoms with Gasteiger partial charge in [-0.2, -0.15) is 5.10 Å². The van der Waals surface area contributed by atoms with Crippen LogP contribution in [0, 0.1) is 6.92 Å². The molecule has 4 rings (SSSR count). The Morgan fingerprint density at radius 1 is 1.20 bits per heavy atom. The fourth-order valence-electron chi connectivity index (χ4n) is 2.37. The van der Waals surface area contributed by atoms with E-state index in [2.05, 4.69) is 30.5 Å². The van der Waals surface area contributed by atoms with Gasteiger partial charge < -0.3 is 10.3 Å². The number of rotatable bonds is 2. The number of benzene rings is 1. The first-order chi connectivity index (χ1) is 9.81. The van der Waals surface area contributed by atoms with Crippen molar-refractivity contribution in [2.75, 3.05) is 5.32 Å². The molecular weight excluding hydrogens is 252 g/mol. The number of nitrogens with one attached hydrogen (secondary N) is 3. The minimum Gasteiger partial charge on any atom is -0.346 e. The lowest BCUT2D eigenvalue weighted by molar-refractivity contribution is 1.12. The van der Waals surface area contributed by atoms with E-state index in [9.17, 15) is 0 Å². The summed E-state index contributed by atoms with van der Waals surface area (Å²) < 4.78 is 0. The summed E-state index contributed by atoms with van der Waals surface area (Å²) in [5.74, 6) is 0.802. The van der Waals surface area contributed by atoms with Crippen LogP contribution in [-0.2, 0) is 0 Å². The van der Waals surface area contributed by atoms with Gasteiger partial charge in [0.1, 0.15) is 17.8 Å². The Hall–Kier alpha value is -2.89. The minimum absolute atomic E-state index is 0.802. The van der Waals surface area contributed by atoms with Crippen LogP contribution < -0.4 is 5.32 Å². The van der Waals surface area contributed by atoms with Crippen LogP contribution in [0.1, 0.15) is 5.56 Å². The summed E-state index contributed by atoms with van der Waals surface area (Å²) in [4.78, 5) is 11.7. The molecule has 3 N–H and O–H groups in total. The van der Waals surface area contributed by atoms with Gasteiger partial charge >= 0.3 is 0 Å². The van der Waals surface area contributed by atoms with Crippen molar-refractivity contribution in [2.24, 2.45) is 0 Å². The van der Waals surface area contributed by atoms with Crippen LogP contribution in [0.3, 0.4) is 0 Å². The molecular formula is C14H12N6. The molecule has 0 aliphatic heterocycles. The molecule has 0 saturated carbocycles. The zero-order chi connectivity index (χ0) is 13.5. The number of nitrogens with zero attached hydrogens (tertiary/aromatic N) is 3. The summed E-state index contributed by atoms with van der Waals surface area (Å²) in [6.45, 7) is 2.03. The smallest absolute Gasteiger partial charge is 0.143 e. The molecule has 0 saturated heterocycles. The number of H-pyrrole nitrogens is 2. The fourth-order valence-corrected chi connectivity index (χ4v) is 2.37. The maximum atomic E-state index is 4.34. The number of hydrogen-bond acceptors (Lipinski definition) is 4. The molecule has 0 radical (unpaired) electrons. The molecule has 0 aliphatic carbocycles. The zero-order valence-electron chi connectivity index (χ0n) is 10.8. The quantitative estimate of drug-likeness (QED) is 0.520. The van der Waals surface area contributed by atoms with Crippen LogP contribution in [0.15, 0.2) is 36.9 Å². The van der Waals surface area contributed by atoms with Crippen LogP contribution in [0.25, 0.3) is 21.9 Å². The lowest BCUT2D eigenvalue weighted by atomic mass is 10.2. The number of aryl methyl sites for hydroxylation is 1. The van der Waals surface area contributed by atoms with Gasteiger partial charge in [-0.1, -0.05) is 0 Å². The molecule has 0 atom stereocenters. The van der Waals surface area contributed by atoms with Crippen molar-refractivity contribution in [3.63, 3.8) is 0 Å². The lowest BCUT2D eigenvalue weighted by Gasteiger charge is -2.07. The van der Waals surface area contributed by atoms with Crippen molar-refractivity contribution in [1.82, 2.24) is 25.1 Å². The first kappa shape index (κ1) is 11.0. The van der Waals surface area contributed by atoms with Gasteiger partial charge in [-0.3, -0.25) is 5.10 Å². The molecule has 1 aromatic carbocycles. The predicted molar refractivity (Wildman–Crippen MR) is 78.0 cm³/mol. The van der Waals surface area contributed by atoms with Crippen molar-refractivity contribution < 1.29 is 0 Å². The monoisotopic (exact) mass is 264 g/mol. The van der Waals surface area contributed by atoms with E-state index in [1.54, 1.807) is 12.5 Å². The van der Waals surface area contributed by atoms with E-state index in [0.717, 1.165) is 39.0 Å². The summed E-state index contributed by atoms with van der Waals surface area (Å²) >= 11 is 0. The second-order valence-electron chi connectivity index (χ2n) is 4.71. The summed E-state index contributed by atoms with van der Waals surface area (Å²) in [5.41, 5.74) is 3.94. The predicted octanol–water partition coefficient (Wildman–Crippen LogP) is 2.89. The molecule has 0 spiro atoms. The van der Waals surface area contributed by atoms with Gasteiger partial charge in [0.25, 0.3) is 0 Å². The van der Waals surface area contributed by atoms with E-state index >= 15 is 0 Å². The first-order valence-electron chi connectivity index (χ1n) is 6.30. The molecule has 0 bridgehead atoms. The standard InChI is InChI=1S/C14H12N6/c1-8-5-15-13-12(8)14(17-7-16-13)19-10-2-3-11-9(4-10)6-18-20-11/h2-7H,1H3,(H,18,20)(H2,15,16,17,19). The zero-order valence-corrected chi connectivity index (χ0v) is 10.8. The van der Waals surface area contributed by atoms with Crippen molar-refractivity contribution >= 4 is 33.4 Å². The van der Waals surface area contributed by atoms with E-state index in [1.165, 1.54) is 0 Å². The molecule has 0 fully saturated rings. The van der Waals surface area contributed by atoms with Gasteiger partial charge in [-0.25, -0.2) is 9.97 Å². The topological polar surface area (TPSA) is 82.3 Å². The summed E-state index contributed by atoms with van der Waals surface area (Å²) in [7, 11) is 0. The van der Waals surface area contributed by atoms with Gasteiger partial charge in [-0.05, 0) is 30.7 Å². The minimum atomic E-state index is 0.802. The molecule has 0 amide bonds. The Kier molecular flexibility index (Phi) is 2.23. The third kappa shape index (κ3) is 1.62. The number of fused-ring (bicyclic) bond motifs is 2. The second-order valence-corrected chi connectivity index (χ2v) is 4.71. The number of anilines is 2. The van der Waals surface area contributed by atoms with E-state index in [0.29, 0.717) is 0 Å². The highest BCUT2D eigenvalue weighted by Crippen LogP contribution is 2.26. The average Bonchev–Trinajstić information content (AvgIpc) is 3.06. The normalized spacial score (nSPS) is 11.2. The SMILES string of the molecule is Cc1c[nH]c2ncnc(Nc3ccc4[nH]ncc4c3)c12. The van der Waals surface area contributed by atoms with Crippen LogP contribution in [-0.4, -0.2) is 25.1 Å². The Balaban J connectivity index is 1.81. The van der Waals surface area contributed by atoms with E-state index in [4.69, 9.17) is 0 Å². The third-order valence-corrected chi connectivity index (χ3v) is 3.37. The molecule has 6 nitrogen and oxygen atoms in total. The summed E-state index contributed by atoms with van der Waals surface area (Å²) in [5, 5.41) is 12.4. The molecule has 3 aromatic heterocycles. The van der Waals surface area contributed by atoms with Crippen LogP contribution >= 0.6 is 0 Å². The van der Waals surface area contributed by atoms with E-state index in [-0.39, 0.29) is 0 Å². The Morgan fingerprint density at radius 2 is 2.15 bits per heavy atom. The van der Waals surface area contributed by atoms with Crippen LogP contribution in [0.5, 0.6) is 0 Å². The highest BCUT2D eigenvalue weighted by atomic mass is 15.1. The maximum absolute atomic E-state index is 4.34. The van der Waals surface area contributed by atoms with Crippen molar-refractivity contribution in [3.05, 3.63) is 42.5 Å². The van der Waals surface area contributed by atoms with Crippen LogP contribution in [0.2, 0.25) is 0 Å². The van der Waals surface area contributed by atoms with Gasteiger partial charge in [0.05, 0.1) is 17.1 Å². The lowest BCUT2D eigenvalue weighted by Crippen LogP contribution is -1.95. The van der Waals surface area contributed by atoms with Crippen molar-refractivity contribution in [2.45, 2.75) is 6.92 Å². The van der Waals surface area contributed by atoms with E-state index in [1.807, 2.05) is 31.3 Å². The molecule has 3 heterocycles. The number of aromatic nitrogens is 5. The fraction of sp³-hybridized carbons (Fsp3) is 0.0714. The third-order valence-electron chi connectivity index (χ3n) is 3.37. The molecule has 20 heavy (non-hydrogen) atoms. The Labute approximate surface area is 114 Å². The maximum Gasteiger partial charge on any atom is 0.143 e. The average molecular weight is 264 g/mol. The van der Waals surface area contributed by atoms with Gasteiger partial charge in [0.15, 0.2) is 0 Å². The van der Waals surface area contributed by atoms with Crippen molar-refractivity contribution in [3.8, 4) is 0 Å². The Morgan fingerprint density at radius 3 is 3.10 bits per heavy atom. The number of aromatic amines is 2. The first-order valence-corrected chi connectivity index (χ1v) is 6.30. The Bertz CT molecular complexity index is 904. The highest BCUT2D eigenvalue weighted by Gasteiger charge is 2.08. The van der Waals surface area contributed by atoms with Gasteiger partial charge in [0, 0.05) is 17.3 Å². The van der Waals surface area contributed by atoms with E-state index < -0.39 is 0 Å². The molecule has 0 unspecified atom stereocenters. The highest BCUT2D eigenvalue weighted by molar-refractivity contribution is 5.92. The van der Waals surface area contributed by atoms with Crippen LogP contribution in [0.4, 0.5) is 11.5 Å². The molecule has 98 valence electrons. The van der Waals surface area contributed by atoms with Crippen molar-refractivity contribution in [1.29, 1.82) is 0 Å². The second kappa shape index (κ2) is 4.06. The number of hydrogen-bond donors (Lipinski definition) is 3. The summed E-state index contributed by atoms with van der Waals surface area (Å²) in [6.07, 6.45) is 5.29. The largest absolute Gasteiger partial charge is 0.346 e. The summed E-state index contributed by atoms with van der Waals surface area (Å²) in [6, 6.07) is 6.03. The van der Waals surface area contributed by atoms with Gasteiger partial charge in [0.2, 0.25) is 0 Å². The molecule has 4 aromatic rings.